The molecular formula is C14H22FNO. The van der Waals surface area contributed by atoms with Crippen molar-refractivity contribution in [1.29, 1.82) is 0 Å². The molecule has 1 N–H and O–H groups in total. The summed E-state index contributed by atoms with van der Waals surface area (Å²) >= 11 is 0. The Morgan fingerprint density at radius 3 is 2.82 bits per heavy atom. The fraction of sp³-hybridized carbons (Fsp3) is 0.571. The van der Waals surface area contributed by atoms with Gasteiger partial charge in [0, 0.05) is 13.2 Å². The number of benzene rings is 1. The summed E-state index contributed by atoms with van der Waals surface area (Å²) in [6.07, 6.45) is 0.852. The summed E-state index contributed by atoms with van der Waals surface area (Å²) < 4.78 is 18.5. The number of ether oxygens (including phenoxy) is 1. The molecule has 0 aromatic heterocycles. The van der Waals surface area contributed by atoms with E-state index in [1.54, 1.807) is 12.1 Å². The Hall–Kier alpha value is -0.930. The third-order valence-electron chi connectivity index (χ3n) is 2.65. The molecule has 0 radical (unpaired) electrons. The second-order valence-electron chi connectivity index (χ2n) is 4.17. The van der Waals surface area contributed by atoms with E-state index in [0.717, 1.165) is 38.3 Å². The van der Waals surface area contributed by atoms with Crippen LogP contribution in [-0.2, 0) is 11.2 Å². The molecule has 1 atom stereocenters. The van der Waals surface area contributed by atoms with Crippen LogP contribution in [0.1, 0.15) is 19.4 Å². The van der Waals surface area contributed by atoms with E-state index in [2.05, 4.69) is 12.2 Å². The zero-order chi connectivity index (χ0) is 12.5. The van der Waals surface area contributed by atoms with Gasteiger partial charge >= 0.3 is 0 Å². The number of nitrogens with one attached hydrogen (secondary N) is 1. The molecule has 2 nitrogen and oxygen atoms in total. The van der Waals surface area contributed by atoms with Crippen LogP contribution in [0.5, 0.6) is 0 Å². The Morgan fingerprint density at radius 2 is 2.18 bits per heavy atom. The van der Waals surface area contributed by atoms with Gasteiger partial charge in [-0.05, 0) is 43.5 Å². The fourth-order valence-corrected chi connectivity index (χ4v) is 1.82. The average molecular weight is 239 g/mol. The van der Waals surface area contributed by atoms with Crippen LogP contribution in [0, 0.1) is 11.7 Å². The minimum Gasteiger partial charge on any atom is -0.381 e. The third kappa shape index (κ3) is 5.80. The topological polar surface area (TPSA) is 21.3 Å². The molecule has 0 spiro atoms. The molecule has 0 amide bonds. The fourth-order valence-electron chi connectivity index (χ4n) is 1.82. The van der Waals surface area contributed by atoms with Gasteiger partial charge in [0.15, 0.2) is 0 Å². The second kappa shape index (κ2) is 8.20. The summed E-state index contributed by atoms with van der Waals surface area (Å²) in [5.74, 6) is 0.234. The van der Waals surface area contributed by atoms with Crippen LogP contribution < -0.4 is 5.32 Å². The van der Waals surface area contributed by atoms with Gasteiger partial charge in [-0.1, -0.05) is 19.1 Å². The van der Waals surface area contributed by atoms with Gasteiger partial charge < -0.3 is 10.1 Å². The zero-order valence-corrected chi connectivity index (χ0v) is 10.7. The van der Waals surface area contributed by atoms with Crippen molar-refractivity contribution in [3.63, 3.8) is 0 Å². The summed E-state index contributed by atoms with van der Waals surface area (Å²) in [6, 6.07) is 6.81. The highest BCUT2D eigenvalue weighted by molar-refractivity contribution is 5.16. The molecule has 96 valence electrons. The van der Waals surface area contributed by atoms with Crippen molar-refractivity contribution in [3.8, 4) is 0 Å². The normalized spacial score (nSPS) is 12.6. The second-order valence-corrected chi connectivity index (χ2v) is 4.17. The van der Waals surface area contributed by atoms with Gasteiger partial charge in [0.05, 0.1) is 6.61 Å². The van der Waals surface area contributed by atoms with Gasteiger partial charge in [0.25, 0.3) is 0 Å². The van der Waals surface area contributed by atoms with E-state index >= 15 is 0 Å². The summed E-state index contributed by atoms with van der Waals surface area (Å²) in [7, 11) is 0. The number of rotatable bonds is 8. The average Bonchev–Trinajstić information content (AvgIpc) is 2.32. The Balaban J connectivity index is 2.51. The van der Waals surface area contributed by atoms with Crippen LogP contribution in [-0.4, -0.2) is 26.3 Å². The van der Waals surface area contributed by atoms with Crippen LogP contribution in [0.2, 0.25) is 0 Å². The lowest BCUT2D eigenvalue weighted by Crippen LogP contribution is -2.27. The Bertz CT molecular complexity index is 309. The smallest absolute Gasteiger partial charge is 0.123 e. The molecule has 1 rings (SSSR count). The summed E-state index contributed by atoms with van der Waals surface area (Å²) in [4.78, 5) is 0. The van der Waals surface area contributed by atoms with E-state index in [0.29, 0.717) is 5.92 Å². The molecular weight excluding hydrogens is 217 g/mol. The summed E-state index contributed by atoms with van der Waals surface area (Å²) in [5.41, 5.74) is 1.03. The lowest BCUT2D eigenvalue weighted by molar-refractivity contribution is 0.110. The quantitative estimate of drug-likeness (QED) is 0.753. The minimum atomic E-state index is -0.166. The maximum absolute atomic E-state index is 13.1. The van der Waals surface area contributed by atoms with Gasteiger partial charge in [-0.2, -0.15) is 0 Å². The number of hydrogen-bond acceptors (Lipinski definition) is 2. The number of hydrogen-bond donors (Lipinski definition) is 1. The lowest BCUT2D eigenvalue weighted by Gasteiger charge is -2.17. The van der Waals surface area contributed by atoms with Gasteiger partial charge in [-0.15, -0.1) is 0 Å². The van der Waals surface area contributed by atoms with Crippen LogP contribution in [0.25, 0.3) is 0 Å². The van der Waals surface area contributed by atoms with E-state index in [-0.39, 0.29) is 5.82 Å². The molecule has 3 heteroatoms. The van der Waals surface area contributed by atoms with Crippen molar-refractivity contribution in [2.75, 3.05) is 26.3 Å². The van der Waals surface area contributed by atoms with Crippen LogP contribution >= 0.6 is 0 Å². The molecule has 0 aliphatic heterocycles. The molecule has 0 aliphatic carbocycles. The molecule has 1 aromatic rings. The monoisotopic (exact) mass is 239 g/mol. The lowest BCUT2D eigenvalue weighted by atomic mass is 10.00. The maximum atomic E-state index is 13.1. The van der Waals surface area contributed by atoms with Gasteiger partial charge in [-0.25, -0.2) is 4.39 Å². The molecule has 0 bridgehead atoms. The number of halogens is 1. The van der Waals surface area contributed by atoms with E-state index in [9.17, 15) is 4.39 Å². The minimum absolute atomic E-state index is 0.166. The highest BCUT2D eigenvalue weighted by Crippen LogP contribution is 2.10. The molecule has 0 saturated heterocycles. The van der Waals surface area contributed by atoms with Crippen LogP contribution in [0.3, 0.4) is 0 Å². The first-order valence-corrected chi connectivity index (χ1v) is 6.29. The van der Waals surface area contributed by atoms with E-state index in [1.807, 2.05) is 13.0 Å². The summed E-state index contributed by atoms with van der Waals surface area (Å²) in [6.45, 7) is 7.39. The Kier molecular flexibility index (Phi) is 6.82. The largest absolute Gasteiger partial charge is 0.381 e. The van der Waals surface area contributed by atoms with Crippen molar-refractivity contribution in [2.45, 2.75) is 20.3 Å². The standard InChI is InChI=1S/C14H22FNO/c1-3-16-10-13(11-17-4-2)8-12-6-5-7-14(15)9-12/h5-7,9,13,16H,3-4,8,10-11H2,1-2H3. The van der Waals surface area contributed by atoms with Crippen molar-refractivity contribution in [1.82, 2.24) is 5.32 Å². The van der Waals surface area contributed by atoms with Crippen LogP contribution in [0.15, 0.2) is 24.3 Å². The molecule has 0 saturated carbocycles. The first kappa shape index (κ1) is 14.1. The highest BCUT2D eigenvalue weighted by Gasteiger charge is 2.09. The molecule has 0 aliphatic rings. The molecule has 0 heterocycles. The van der Waals surface area contributed by atoms with Crippen LogP contribution in [0.4, 0.5) is 4.39 Å². The summed E-state index contributed by atoms with van der Waals surface area (Å²) in [5, 5.41) is 3.32. The van der Waals surface area contributed by atoms with Crippen molar-refractivity contribution in [2.24, 2.45) is 5.92 Å². The predicted octanol–water partition coefficient (Wildman–Crippen LogP) is 2.63. The predicted molar refractivity (Wildman–Crippen MR) is 68.6 cm³/mol. The van der Waals surface area contributed by atoms with Crippen molar-refractivity contribution >= 4 is 0 Å². The Morgan fingerprint density at radius 1 is 1.35 bits per heavy atom. The SMILES string of the molecule is CCNCC(COCC)Cc1cccc(F)c1. The first-order valence-electron chi connectivity index (χ1n) is 6.29. The maximum Gasteiger partial charge on any atom is 0.123 e. The van der Waals surface area contributed by atoms with Gasteiger partial charge in [-0.3, -0.25) is 0 Å². The van der Waals surface area contributed by atoms with Gasteiger partial charge in [0.2, 0.25) is 0 Å². The van der Waals surface area contributed by atoms with E-state index in [1.165, 1.54) is 6.07 Å². The van der Waals surface area contributed by atoms with E-state index in [4.69, 9.17) is 4.74 Å². The van der Waals surface area contributed by atoms with Crippen molar-refractivity contribution in [3.05, 3.63) is 35.6 Å². The highest BCUT2D eigenvalue weighted by atomic mass is 19.1. The zero-order valence-electron chi connectivity index (χ0n) is 10.7. The van der Waals surface area contributed by atoms with Crippen molar-refractivity contribution < 1.29 is 9.13 Å². The van der Waals surface area contributed by atoms with Gasteiger partial charge in [0.1, 0.15) is 5.82 Å². The third-order valence-corrected chi connectivity index (χ3v) is 2.65. The molecule has 17 heavy (non-hydrogen) atoms. The Labute approximate surface area is 103 Å². The van der Waals surface area contributed by atoms with E-state index < -0.39 is 0 Å². The molecule has 1 aromatic carbocycles. The molecule has 0 fully saturated rings. The first-order chi connectivity index (χ1) is 8.26. The molecule has 1 unspecified atom stereocenters.